The van der Waals surface area contributed by atoms with Gasteiger partial charge in [0.15, 0.2) is 0 Å². The molecule has 5 heteroatoms. The Morgan fingerprint density at radius 3 is 2.82 bits per heavy atom. The van der Waals surface area contributed by atoms with E-state index in [1.807, 2.05) is 37.1 Å². The fourth-order valence-electron chi connectivity index (χ4n) is 3.40. The number of carbonyl (C=O) groups is 1. The molecule has 1 N–H and O–H groups in total. The summed E-state index contributed by atoms with van der Waals surface area (Å²) in [7, 11) is 0. The summed E-state index contributed by atoms with van der Waals surface area (Å²) in [6, 6.07) is 5.94. The lowest BCUT2D eigenvalue weighted by Crippen LogP contribution is -2.43. The Morgan fingerprint density at radius 2 is 2.14 bits per heavy atom. The first kappa shape index (κ1) is 14.6. The zero-order chi connectivity index (χ0) is 15.9. The number of nitrogens with zero attached hydrogens (tertiary/aromatic N) is 2. The topological polar surface area (TPSA) is 58.1 Å². The Morgan fingerprint density at radius 1 is 1.36 bits per heavy atom. The molecule has 0 saturated heterocycles. The van der Waals surface area contributed by atoms with E-state index in [4.69, 9.17) is 0 Å². The number of H-pyrrole nitrogens is 1. The molecule has 3 rings (SSSR count). The third kappa shape index (κ3) is 2.26. The van der Waals surface area contributed by atoms with E-state index in [-0.39, 0.29) is 23.1 Å². The van der Waals surface area contributed by atoms with Crippen LogP contribution in [-0.2, 0) is 6.54 Å². The molecular formula is C17H21N3O2. The summed E-state index contributed by atoms with van der Waals surface area (Å²) < 4.78 is 2.18. The van der Waals surface area contributed by atoms with Crippen molar-refractivity contribution in [3.63, 3.8) is 0 Å². The van der Waals surface area contributed by atoms with Crippen LogP contribution in [-0.4, -0.2) is 26.9 Å². The van der Waals surface area contributed by atoms with Crippen LogP contribution in [0.1, 0.15) is 46.7 Å². The van der Waals surface area contributed by atoms with Crippen molar-refractivity contribution in [2.45, 2.75) is 39.8 Å². The van der Waals surface area contributed by atoms with E-state index in [1.54, 1.807) is 0 Å². The molecule has 1 atom stereocenters. The normalized spacial score (nSPS) is 17.4. The first-order valence-corrected chi connectivity index (χ1v) is 7.69. The van der Waals surface area contributed by atoms with Crippen LogP contribution in [0.4, 0.5) is 0 Å². The Hall–Kier alpha value is -2.30. The number of amides is 1. The van der Waals surface area contributed by atoms with Gasteiger partial charge in [-0.2, -0.15) is 0 Å². The minimum Gasteiger partial charge on any atom is -0.348 e. The summed E-state index contributed by atoms with van der Waals surface area (Å²) in [5, 5.41) is 0. The first-order chi connectivity index (χ1) is 10.5. The molecule has 1 amide bonds. The van der Waals surface area contributed by atoms with Crippen LogP contribution in [0.2, 0.25) is 0 Å². The summed E-state index contributed by atoms with van der Waals surface area (Å²) in [4.78, 5) is 29.8. The number of aromatic amines is 1. The molecule has 1 aliphatic heterocycles. The van der Waals surface area contributed by atoms with E-state index in [9.17, 15) is 9.59 Å². The number of hydrogen-bond donors (Lipinski definition) is 1. The number of pyridine rings is 1. The van der Waals surface area contributed by atoms with E-state index in [0.29, 0.717) is 6.54 Å². The van der Waals surface area contributed by atoms with Crippen LogP contribution in [0.3, 0.4) is 0 Å². The number of nitrogens with one attached hydrogen (secondary N) is 1. The number of aryl methyl sites for hydroxylation is 2. The average Bonchev–Trinajstić information content (AvgIpc) is 2.93. The molecule has 22 heavy (non-hydrogen) atoms. The minimum absolute atomic E-state index is 0.0244. The standard InChI is InChI=1S/C17H21N3O2/c1-4-13-14-6-5-7-19(14)8-9-20(13)17(22)15-11(2)10-12(3)18-16(15)21/h5-7,10,13H,4,8-9H2,1-3H3,(H,18,21)/t13-/m1/s1. The van der Waals surface area contributed by atoms with Gasteiger partial charge in [0.2, 0.25) is 0 Å². The molecule has 3 heterocycles. The highest BCUT2D eigenvalue weighted by Crippen LogP contribution is 2.29. The van der Waals surface area contributed by atoms with Crippen molar-refractivity contribution in [1.82, 2.24) is 14.5 Å². The summed E-state index contributed by atoms with van der Waals surface area (Å²) in [6.45, 7) is 7.12. The molecule has 0 aliphatic carbocycles. The number of hydrogen-bond acceptors (Lipinski definition) is 2. The van der Waals surface area contributed by atoms with E-state index < -0.39 is 0 Å². The third-order valence-electron chi connectivity index (χ3n) is 4.39. The molecule has 2 aromatic rings. The zero-order valence-electron chi connectivity index (χ0n) is 13.2. The summed E-state index contributed by atoms with van der Waals surface area (Å²) in [5.41, 5.74) is 2.63. The van der Waals surface area contributed by atoms with Crippen molar-refractivity contribution in [2.75, 3.05) is 6.54 Å². The van der Waals surface area contributed by atoms with Gasteiger partial charge < -0.3 is 14.5 Å². The van der Waals surface area contributed by atoms with Gasteiger partial charge in [-0.15, -0.1) is 0 Å². The van der Waals surface area contributed by atoms with Crippen LogP contribution < -0.4 is 5.56 Å². The molecule has 0 fully saturated rings. The monoisotopic (exact) mass is 299 g/mol. The van der Waals surface area contributed by atoms with Crippen LogP contribution in [0.15, 0.2) is 29.2 Å². The number of fused-ring (bicyclic) bond motifs is 1. The van der Waals surface area contributed by atoms with Crippen molar-refractivity contribution in [1.29, 1.82) is 0 Å². The Balaban J connectivity index is 2.01. The second kappa shape index (κ2) is 5.48. The molecule has 0 unspecified atom stereocenters. The fraction of sp³-hybridized carbons (Fsp3) is 0.412. The Bertz CT molecular complexity index is 772. The van der Waals surface area contributed by atoms with Crippen molar-refractivity contribution in [3.05, 3.63) is 57.3 Å². The molecule has 0 aromatic carbocycles. The fourth-order valence-corrected chi connectivity index (χ4v) is 3.40. The van der Waals surface area contributed by atoms with Gasteiger partial charge in [-0.05, 0) is 44.0 Å². The highest BCUT2D eigenvalue weighted by atomic mass is 16.2. The number of carbonyl (C=O) groups excluding carboxylic acids is 1. The van der Waals surface area contributed by atoms with Crippen molar-refractivity contribution in [3.8, 4) is 0 Å². The van der Waals surface area contributed by atoms with Gasteiger partial charge in [0.25, 0.3) is 11.5 Å². The van der Waals surface area contributed by atoms with Crippen molar-refractivity contribution >= 4 is 5.91 Å². The molecule has 0 bridgehead atoms. The van der Waals surface area contributed by atoms with E-state index in [1.165, 1.54) is 0 Å². The van der Waals surface area contributed by atoms with E-state index in [2.05, 4.69) is 22.5 Å². The quantitative estimate of drug-likeness (QED) is 0.925. The van der Waals surface area contributed by atoms with Gasteiger partial charge in [-0.25, -0.2) is 0 Å². The summed E-state index contributed by atoms with van der Waals surface area (Å²) in [6.07, 6.45) is 2.88. The first-order valence-electron chi connectivity index (χ1n) is 7.69. The van der Waals surface area contributed by atoms with Gasteiger partial charge >= 0.3 is 0 Å². The summed E-state index contributed by atoms with van der Waals surface area (Å²) in [5.74, 6) is -0.168. The molecule has 5 nitrogen and oxygen atoms in total. The molecular weight excluding hydrogens is 278 g/mol. The third-order valence-corrected chi connectivity index (χ3v) is 4.39. The van der Waals surface area contributed by atoms with Gasteiger partial charge in [0, 0.05) is 30.7 Å². The van der Waals surface area contributed by atoms with Crippen LogP contribution in [0.5, 0.6) is 0 Å². The van der Waals surface area contributed by atoms with Crippen molar-refractivity contribution < 1.29 is 4.79 Å². The van der Waals surface area contributed by atoms with Crippen LogP contribution in [0.25, 0.3) is 0 Å². The highest BCUT2D eigenvalue weighted by molar-refractivity contribution is 5.95. The molecule has 0 spiro atoms. The number of rotatable bonds is 2. The Kier molecular flexibility index (Phi) is 3.64. The van der Waals surface area contributed by atoms with Crippen molar-refractivity contribution in [2.24, 2.45) is 0 Å². The predicted molar refractivity (Wildman–Crippen MR) is 85.0 cm³/mol. The van der Waals surface area contributed by atoms with Gasteiger partial charge in [0.05, 0.1) is 6.04 Å². The maximum absolute atomic E-state index is 13.0. The van der Waals surface area contributed by atoms with Gasteiger partial charge in [-0.1, -0.05) is 6.92 Å². The minimum atomic E-state index is -0.293. The van der Waals surface area contributed by atoms with Crippen LogP contribution in [0, 0.1) is 13.8 Å². The maximum atomic E-state index is 13.0. The smallest absolute Gasteiger partial charge is 0.261 e. The lowest BCUT2D eigenvalue weighted by Gasteiger charge is -2.36. The second-order valence-electron chi connectivity index (χ2n) is 5.89. The van der Waals surface area contributed by atoms with E-state index >= 15 is 0 Å². The highest BCUT2D eigenvalue weighted by Gasteiger charge is 2.31. The summed E-state index contributed by atoms with van der Waals surface area (Å²) >= 11 is 0. The zero-order valence-corrected chi connectivity index (χ0v) is 13.2. The molecule has 0 saturated carbocycles. The average molecular weight is 299 g/mol. The molecule has 1 aliphatic rings. The Labute approximate surface area is 129 Å². The lowest BCUT2D eigenvalue weighted by molar-refractivity contribution is 0.0615. The van der Waals surface area contributed by atoms with Crippen LogP contribution >= 0.6 is 0 Å². The molecule has 2 aromatic heterocycles. The molecule has 116 valence electrons. The van der Waals surface area contributed by atoms with Gasteiger partial charge in [-0.3, -0.25) is 9.59 Å². The second-order valence-corrected chi connectivity index (χ2v) is 5.89. The van der Waals surface area contributed by atoms with Gasteiger partial charge in [0.1, 0.15) is 5.56 Å². The SMILES string of the molecule is CC[C@@H]1c2cccn2CCN1C(=O)c1c(C)cc(C)[nH]c1=O. The largest absolute Gasteiger partial charge is 0.348 e. The number of aromatic nitrogens is 2. The lowest BCUT2D eigenvalue weighted by atomic mass is 10.0. The van der Waals surface area contributed by atoms with E-state index in [0.717, 1.165) is 29.9 Å². The predicted octanol–water partition coefficient (Wildman–Crippen LogP) is 2.40. The maximum Gasteiger partial charge on any atom is 0.261 e. The molecule has 0 radical (unpaired) electrons.